The molecule has 0 amide bonds. The van der Waals surface area contributed by atoms with Gasteiger partial charge >= 0.3 is 0 Å². The summed E-state index contributed by atoms with van der Waals surface area (Å²) >= 11 is 0. The number of amidine groups is 1. The van der Waals surface area contributed by atoms with Gasteiger partial charge in [-0.3, -0.25) is 14.4 Å². The van der Waals surface area contributed by atoms with Crippen LogP contribution in [0.1, 0.15) is 11.4 Å². The third-order valence-corrected chi connectivity index (χ3v) is 4.24. The number of aliphatic imine (C=N–C) groups is 1. The van der Waals surface area contributed by atoms with Crippen LogP contribution < -0.4 is 4.72 Å². The zero-order valence-corrected chi connectivity index (χ0v) is 10.9. The fourth-order valence-electron chi connectivity index (χ4n) is 1.86. The maximum atomic E-state index is 11.9. The zero-order chi connectivity index (χ0) is 13.5. The molecule has 7 nitrogen and oxygen atoms in total. The summed E-state index contributed by atoms with van der Waals surface area (Å²) in [4.78, 5) is 8.56. The third-order valence-electron chi connectivity index (χ3n) is 2.85. The lowest BCUT2D eigenvalue weighted by molar-refractivity contribution is 0.595. The minimum Gasteiger partial charge on any atom is -0.263 e. The molecule has 0 saturated carbocycles. The van der Waals surface area contributed by atoms with Gasteiger partial charge in [0.1, 0.15) is 24.5 Å². The molecule has 3 rings (SSSR count). The second-order valence-corrected chi connectivity index (χ2v) is 5.72. The predicted octanol–water partition coefficient (Wildman–Crippen LogP) is 0.0538. The fraction of sp³-hybridized carbons (Fsp3) is 0.182. The molecule has 1 aliphatic heterocycles. The summed E-state index contributed by atoms with van der Waals surface area (Å²) in [6, 6.07) is 6.74. The Morgan fingerprint density at radius 2 is 2.16 bits per heavy atom. The highest BCUT2D eigenvalue weighted by Gasteiger charge is 2.29. The standard InChI is InChI=1S/C11H11N5O2S/c1-16-10(13-7-14-16)6-12-11-8-4-2-3-5-9(8)19(17,18)15-11/h2-5,7H,6H2,1H3,(H,12,15). The quantitative estimate of drug-likeness (QED) is 0.840. The average Bonchev–Trinajstić information content (AvgIpc) is 2.90. The van der Waals surface area contributed by atoms with Gasteiger partial charge in [0, 0.05) is 12.6 Å². The Labute approximate surface area is 110 Å². The number of hydrogen-bond donors (Lipinski definition) is 1. The number of hydrogen-bond acceptors (Lipinski definition) is 5. The van der Waals surface area contributed by atoms with E-state index < -0.39 is 10.0 Å². The molecule has 98 valence electrons. The first-order valence-electron chi connectivity index (χ1n) is 5.57. The normalized spacial score (nSPS) is 18.3. The number of nitrogens with zero attached hydrogens (tertiary/aromatic N) is 4. The van der Waals surface area contributed by atoms with Crippen molar-refractivity contribution in [3.8, 4) is 0 Å². The highest BCUT2D eigenvalue weighted by atomic mass is 32.2. The van der Waals surface area contributed by atoms with E-state index >= 15 is 0 Å². The van der Waals surface area contributed by atoms with E-state index in [9.17, 15) is 8.42 Å². The van der Waals surface area contributed by atoms with E-state index in [1.807, 2.05) is 0 Å². The van der Waals surface area contributed by atoms with E-state index in [-0.39, 0.29) is 11.4 Å². The molecule has 0 saturated heterocycles. The van der Waals surface area contributed by atoms with Crippen molar-refractivity contribution in [3.05, 3.63) is 42.0 Å². The molecule has 2 aromatic rings. The first-order chi connectivity index (χ1) is 9.08. The molecule has 0 radical (unpaired) electrons. The van der Waals surface area contributed by atoms with Crippen molar-refractivity contribution in [2.45, 2.75) is 11.4 Å². The summed E-state index contributed by atoms with van der Waals surface area (Å²) in [6.07, 6.45) is 1.43. The van der Waals surface area contributed by atoms with Crippen LogP contribution in [-0.2, 0) is 23.6 Å². The Hall–Kier alpha value is -2.22. The molecule has 1 N–H and O–H groups in total. The van der Waals surface area contributed by atoms with Crippen LogP contribution >= 0.6 is 0 Å². The molecule has 1 aromatic carbocycles. The number of aromatic nitrogens is 3. The van der Waals surface area contributed by atoms with Gasteiger partial charge in [0.2, 0.25) is 0 Å². The van der Waals surface area contributed by atoms with Gasteiger partial charge in [-0.1, -0.05) is 12.1 Å². The second kappa shape index (κ2) is 4.16. The monoisotopic (exact) mass is 277 g/mol. The summed E-state index contributed by atoms with van der Waals surface area (Å²) in [5.74, 6) is 1.01. The van der Waals surface area contributed by atoms with Crippen LogP contribution in [0.25, 0.3) is 0 Å². The van der Waals surface area contributed by atoms with Crippen LogP contribution in [0, 0.1) is 0 Å². The minimum atomic E-state index is -3.48. The van der Waals surface area contributed by atoms with Gasteiger partial charge in [0.15, 0.2) is 0 Å². The van der Waals surface area contributed by atoms with E-state index in [1.54, 1.807) is 36.0 Å². The summed E-state index contributed by atoms with van der Waals surface area (Å²) in [5, 5.41) is 3.93. The second-order valence-electron chi connectivity index (χ2n) is 4.07. The lowest BCUT2D eigenvalue weighted by Gasteiger charge is -1.99. The lowest BCUT2D eigenvalue weighted by Crippen LogP contribution is -2.22. The molecule has 0 spiro atoms. The number of sulfonamides is 1. The van der Waals surface area contributed by atoms with E-state index in [1.165, 1.54) is 6.33 Å². The zero-order valence-electron chi connectivity index (χ0n) is 10.1. The number of rotatable bonds is 2. The Morgan fingerprint density at radius 1 is 1.37 bits per heavy atom. The Kier molecular flexibility index (Phi) is 2.59. The van der Waals surface area contributed by atoms with Gasteiger partial charge < -0.3 is 0 Å². The molecule has 0 fully saturated rings. The van der Waals surface area contributed by atoms with Crippen molar-refractivity contribution in [2.24, 2.45) is 12.0 Å². The highest BCUT2D eigenvalue weighted by molar-refractivity contribution is 7.90. The lowest BCUT2D eigenvalue weighted by atomic mass is 10.2. The number of benzene rings is 1. The predicted molar refractivity (Wildman–Crippen MR) is 68.0 cm³/mol. The van der Waals surface area contributed by atoms with Gasteiger partial charge in [0.25, 0.3) is 10.0 Å². The smallest absolute Gasteiger partial charge is 0.263 e. The molecule has 0 bridgehead atoms. The Morgan fingerprint density at radius 3 is 2.89 bits per heavy atom. The molecular weight excluding hydrogens is 266 g/mol. The summed E-state index contributed by atoms with van der Waals surface area (Å²) in [7, 11) is -1.72. The van der Waals surface area contributed by atoms with Crippen molar-refractivity contribution < 1.29 is 8.42 Å². The van der Waals surface area contributed by atoms with Gasteiger partial charge in [-0.2, -0.15) is 5.10 Å². The van der Waals surface area contributed by atoms with Crippen LogP contribution in [0.15, 0.2) is 40.5 Å². The minimum absolute atomic E-state index is 0.256. The van der Waals surface area contributed by atoms with Crippen molar-refractivity contribution >= 4 is 15.9 Å². The van der Waals surface area contributed by atoms with Crippen molar-refractivity contribution in [2.75, 3.05) is 0 Å². The third kappa shape index (κ3) is 1.99. The average molecular weight is 277 g/mol. The van der Waals surface area contributed by atoms with Gasteiger partial charge in [-0.05, 0) is 12.1 Å². The van der Waals surface area contributed by atoms with Crippen LogP contribution in [0.5, 0.6) is 0 Å². The van der Waals surface area contributed by atoms with Crippen LogP contribution in [0.3, 0.4) is 0 Å². The fourth-order valence-corrected chi connectivity index (χ4v) is 3.12. The van der Waals surface area contributed by atoms with E-state index in [4.69, 9.17) is 0 Å². The Bertz CT molecular complexity index is 763. The van der Waals surface area contributed by atoms with Crippen LogP contribution in [0.4, 0.5) is 0 Å². The molecule has 0 aliphatic carbocycles. The molecule has 8 heteroatoms. The Balaban J connectivity index is 1.98. The molecule has 0 unspecified atom stereocenters. The molecule has 19 heavy (non-hydrogen) atoms. The van der Waals surface area contributed by atoms with E-state index in [2.05, 4.69) is 19.8 Å². The van der Waals surface area contributed by atoms with Crippen LogP contribution in [-0.4, -0.2) is 29.0 Å². The largest absolute Gasteiger partial charge is 0.263 e. The number of aryl methyl sites for hydroxylation is 1. The van der Waals surface area contributed by atoms with Gasteiger partial charge in [-0.15, -0.1) is 0 Å². The summed E-state index contributed by atoms with van der Waals surface area (Å²) in [5.41, 5.74) is 0.588. The maximum Gasteiger partial charge on any atom is 0.263 e. The SMILES string of the molecule is Cn1ncnc1CN=C1NS(=O)(=O)c2ccccc21. The van der Waals surface area contributed by atoms with E-state index in [0.29, 0.717) is 17.2 Å². The van der Waals surface area contributed by atoms with Gasteiger partial charge in [0.05, 0.1) is 4.90 Å². The maximum absolute atomic E-state index is 11.9. The first-order valence-corrected chi connectivity index (χ1v) is 7.06. The van der Waals surface area contributed by atoms with E-state index in [0.717, 1.165) is 0 Å². The van der Waals surface area contributed by atoms with Crippen molar-refractivity contribution in [3.63, 3.8) is 0 Å². The molecule has 1 aromatic heterocycles. The highest BCUT2D eigenvalue weighted by Crippen LogP contribution is 2.22. The van der Waals surface area contributed by atoms with Crippen molar-refractivity contribution in [1.29, 1.82) is 0 Å². The molecule has 1 aliphatic rings. The summed E-state index contributed by atoms with van der Waals surface area (Å²) in [6.45, 7) is 0.267. The first kappa shape index (κ1) is 11.8. The number of fused-ring (bicyclic) bond motifs is 1. The van der Waals surface area contributed by atoms with Crippen molar-refractivity contribution in [1.82, 2.24) is 19.5 Å². The topological polar surface area (TPSA) is 89.2 Å². The molecule has 0 atom stereocenters. The molecule has 2 heterocycles. The molecular formula is C11H11N5O2S. The van der Waals surface area contributed by atoms with Crippen LogP contribution in [0.2, 0.25) is 0 Å². The summed E-state index contributed by atoms with van der Waals surface area (Å²) < 4.78 is 27.8. The van der Waals surface area contributed by atoms with Gasteiger partial charge in [-0.25, -0.2) is 13.4 Å². The number of nitrogens with one attached hydrogen (secondary N) is 1.